The fourth-order valence-corrected chi connectivity index (χ4v) is 3.57. The van der Waals surface area contributed by atoms with Gasteiger partial charge in [-0.15, -0.1) is 0 Å². The molecule has 1 fully saturated rings. The van der Waals surface area contributed by atoms with E-state index in [-0.39, 0.29) is 18.4 Å². The predicted octanol–water partition coefficient (Wildman–Crippen LogP) is 3.30. The third kappa shape index (κ3) is 3.60. The summed E-state index contributed by atoms with van der Waals surface area (Å²) < 4.78 is 0. The highest BCUT2D eigenvalue weighted by Crippen LogP contribution is 2.35. The van der Waals surface area contributed by atoms with Crippen LogP contribution in [0.3, 0.4) is 0 Å². The standard InChI is InChI=1S/C15H21NO3S/c1-15(2,9-14(18)19)8-13(17)16-6-3-4-12(16)11-5-7-20-10-11/h5,7,10,12H,3-4,6,8-9H2,1-2H3,(H,18,19)/t12-/m1/s1. The zero-order valence-electron chi connectivity index (χ0n) is 12.0. The van der Waals surface area contributed by atoms with E-state index in [2.05, 4.69) is 11.4 Å². The van der Waals surface area contributed by atoms with Crippen LogP contribution < -0.4 is 0 Å². The zero-order chi connectivity index (χ0) is 14.8. The summed E-state index contributed by atoms with van der Waals surface area (Å²) in [6.45, 7) is 4.46. The molecule has 5 heteroatoms. The molecule has 1 aromatic rings. The van der Waals surface area contributed by atoms with Crippen LogP contribution >= 0.6 is 11.3 Å². The van der Waals surface area contributed by atoms with E-state index < -0.39 is 11.4 Å². The molecule has 0 saturated carbocycles. The summed E-state index contributed by atoms with van der Waals surface area (Å²) in [5.74, 6) is -0.774. The van der Waals surface area contributed by atoms with Crippen LogP contribution in [0.5, 0.6) is 0 Å². The fourth-order valence-electron chi connectivity index (χ4n) is 2.86. The van der Waals surface area contributed by atoms with Gasteiger partial charge in [0.05, 0.1) is 12.5 Å². The Balaban J connectivity index is 2.03. The molecule has 1 N–H and O–H groups in total. The number of thiophene rings is 1. The van der Waals surface area contributed by atoms with Gasteiger partial charge < -0.3 is 10.0 Å². The van der Waals surface area contributed by atoms with E-state index in [0.717, 1.165) is 19.4 Å². The van der Waals surface area contributed by atoms with Crippen molar-refractivity contribution in [3.63, 3.8) is 0 Å². The number of rotatable bonds is 5. The van der Waals surface area contributed by atoms with Gasteiger partial charge in [-0.2, -0.15) is 11.3 Å². The molecule has 2 heterocycles. The molecule has 0 radical (unpaired) electrons. The smallest absolute Gasteiger partial charge is 0.303 e. The Morgan fingerprint density at radius 1 is 1.45 bits per heavy atom. The van der Waals surface area contributed by atoms with Gasteiger partial charge in [0.1, 0.15) is 0 Å². The molecule has 1 aliphatic heterocycles. The summed E-state index contributed by atoms with van der Waals surface area (Å²) in [6.07, 6.45) is 2.34. The maximum absolute atomic E-state index is 12.5. The molecule has 1 atom stereocenters. The molecule has 20 heavy (non-hydrogen) atoms. The van der Waals surface area contributed by atoms with Gasteiger partial charge in [0.25, 0.3) is 0 Å². The van der Waals surface area contributed by atoms with E-state index in [1.807, 2.05) is 24.1 Å². The lowest BCUT2D eigenvalue weighted by atomic mass is 9.85. The molecule has 0 aliphatic carbocycles. The Morgan fingerprint density at radius 2 is 2.20 bits per heavy atom. The van der Waals surface area contributed by atoms with Gasteiger partial charge in [0, 0.05) is 13.0 Å². The first-order valence-corrected chi connectivity index (χ1v) is 7.87. The van der Waals surface area contributed by atoms with E-state index in [4.69, 9.17) is 5.11 Å². The third-order valence-electron chi connectivity index (χ3n) is 3.76. The Hall–Kier alpha value is -1.36. The van der Waals surface area contributed by atoms with Crippen LogP contribution in [0.1, 0.15) is 51.1 Å². The topological polar surface area (TPSA) is 57.6 Å². The number of hydrogen-bond donors (Lipinski definition) is 1. The molecule has 2 rings (SSSR count). The number of likely N-dealkylation sites (tertiary alicyclic amines) is 1. The Labute approximate surface area is 123 Å². The van der Waals surface area contributed by atoms with Gasteiger partial charge in [-0.3, -0.25) is 9.59 Å². The lowest BCUT2D eigenvalue weighted by molar-refractivity contribution is -0.141. The molecule has 1 saturated heterocycles. The quantitative estimate of drug-likeness (QED) is 0.906. The molecular formula is C15H21NO3S. The van der Waals surface area contributed by atoms with Crippen LogP contribution in [0, 0.1) is 5.41 Å². The van der Waals surface area contributed by atoms with Crippen LogP contribution in [-0.2, 0) is 9.59 Å². The van der Waals surface area contributed by atoms with Gasteiger partial charge in [-0.25, -0.2) is 0 Å². The Kier molecular flexibility index (Phi) is 4.48. The first kappa shape index (κ1) is 15.0. The fraction of sp³-hybridized carbons (Fsp3) is 0.600. The van der Waals surface area contributed by atoms with E-state index >= 15 is 0 Å². The summed E-state index contributed by atoms with van der Waals surface area (Å²) in [7, 11) is 0. The van der Waals surface area contributed by atoms with Crippen LogP contribution in [0.2, 0.25) is 0 Å². The first-order valence-electron chi connectivity index (χ1n) is 6.92. The summed E-state index contributed by atoms with van der Waals surface area (Å²) in [5, 5.41) is 13.0. The van der Waals surface area contributed by atoms with Crippen molar-refractivity contribution >= 4 is 23.2 Å². The van der Waals surface area contributed by atoms with E-state index in [1.54, 1.807) is 11.3 Å². The van der Waals surface area contributed by atoms with Crippen LogP contribution in [0.15, 0.2) is 16.8 Å². The van der Waals surface area contributed by atoms with Crippen molar-refractivity contribution in [2.75, 3.05) is 6.54 Å². The number of carbonyl (C=O) groups excluding carboxylic acids is 1. The average molecular weight is 295 g/mol. The lowest BCUT2D eigenvalue weighted by Crippen LogP contribution is -2.34. The Morgan fingerprint density at radius 3 is 2.80 bits per heavy atom. The van der Waals surface area contributed by atoms with Gasteiger partial charge in [0.2, 0.25) is 5.91 Å². The molecule has 1 aromatic heterocycles. The largest absolute Gasteiger partial charge is 0.481 e. The minimum atomic E-state index is -0.849. The number of amides is 1. The number of aliphatic carboxylic acids is 1. The van der Waals surface area contributed by atoms with Crippen molar-refractivity contribution in [3.05, 3.63) is 22.4 Å². The molecule has 110 valence electrons. The SMILES string of the molecule is CC(C)(CC(=O)O)CC(=O)N1CCC[C@@H]1c1ccsc1. The second-order valence-electron chi connectivity index (χ2n) is 6.21. The highest BCUT2D eigenvalue weighted by atomic mass is 32.1. The van der Waals surface area contributed by atoms with Crippen molar-refractivity contribution < 1.29 is 14.7 Å². The highest BCUT2D eigenvalue weighted by molar-refractivity contribution is 7.07. The minimum Gasteiger partial charge on any atom is -0.481 e. The maximum atomic E-state index is 12.5. The normalized spacial score (nSPS) is 19.3. The minimum absolute atomic E-state index is 0.0235. The molecule has 0 unspecified atom stereocenters. The second-order valence-corrected chi connectivity index (χ2v) is 6.99. The zero-order valence-corrected chi connectivity index (χ0v) is 12.8. The summed E-state index contributed by atoms with van der Waals surface area (Å²) >= 11 is 1.65. The lowest BCUT2D eigenvalue weighted by Gasteiger charge is -2.29. The van der Waals surface area contributed by atoms with Gasteiger partial charge >= 0.3 is 5.97 Å². The number of hydrogen-bond acceptors (Lipinski definition) is 3. The number of carboxylic acid groups (broad SMARTS) is 1. The summed E-state index contributed by atoms with van der Waals surface area (Å²) in [6, 6.07) is 2.25. The Bertz CT molecular complexity index is 481. The molecule has 0 spiro atoms. The molecular weight excluding hydrogens is 274 g/mol. The van der Waals surface area contributed by atoms with Crippen LogP contribution in [-0.4, -0.2) is 28.4 Å². The van der Waals surface area contributed by atoms with Gasteiger partial charge in [-0.1, -0.05) is 13.8 Å². The molecule has 4 nitrogen and oxygen atoms in total. The predicted molar refractivity (Wildman–Crippen MR) is 78.7 cm³/mol. The van der Waals surface area contributed by atoms with Crippen molar-refractivity contribution in [1.29, 1.82) is 0 Å². The van der Waals surface area contributed by atoms with Crippen LogP contribution in [0.25, 0.3) is 0 Å². The van der Waals surface area contributed by atoms with E-state index in [9.17, 15) is 9.59 Å². The van der Waals surface area contributed by atoms with E-state index in [1.165, 1.54) is 5.56 Å². The molecule has 0 aromatic carbocycles. The summed E-state index contributed by atoms with van der Waals surface area (Å²) in [4.78, 5) is 25.3. The number of carboxylic acids is 1. The van der Waals surface area contributed by atoms with Crippen molar-refractivity contribution in [2.24, 2.45) is 5.41 Å². The van der Waals surface area contributed by atoms with Crippen LogP contribution in [0.4, 0.5) is 0 Å². The van der Waals surface area contributed by atoms with Gasteiger partial charge in [0.15, 0.2) is 0 Å². The summed E-state index contributed by atoms with van der Waals surface area (Å²) in [5.41, 5.74) is 0.710. The van der Waals surface area contributed by atoms with Gasteiger partial charge in [-0.05, 0) is 40.6 Å². The van der Waals surface area contributed by atoms with E-state index in [0.29, 0.717) is 6.42 Å². The van der Waals surface area contributed by atoms with Crippen molar-refractivity contribution in [1.82, 2.24) is 4.90 Å². The second kappa shape index (κ2) is 5.95. The maximum Gasteiger partial charge on any atom is 0.303 e. The van der Waals surface area contributed by atoms with Crippen molar-refractivity contribution in [3.8, 4) is 0 Å². The molecule has 1 aliphatic rings. The highest BCUT2D eigenvalue weighted by Gasteiger charge is 2.34. The number of carbonyl (C=O) groups is 2. The third-order valence-corrected chi connectivity index (χ3v) is 4.46. The molecule has 1 amide bonds. The van der Waals surface area contributed by atoms with Crippen molar-refractivity contribution in [2.45, 2.75) is 45.6 Å². The average Bonchev–Trinajstić information content (AvgIpc) is 2.97. The monoisotopic (exact) mass is 295 g/mol. The first-order chi connectivity index (χ1) is 9.39. The number of nitrogens with zero attached hydrogens (tertiary/aromatic N) is 1. The molecule has 0 bridgehead atoms.